The monoisotopic (exact) mass is 1210 g/mol. The summed E-state index contributed by atoms with van der Waals surface area (Å²) < 4.78 is 49.9. The van der Waals surface area contributed by atoms with Gasteiger partial charge in [-0.1, -0.05) is 91.8 Å². The lowest BCUT2D eigenvalue weighted by Gasteiger charge is -2.52. The largest absolute Gasteiger partial charge is 0.460 e. The topological polar surface area (TPSA) is 237 Å². The molecule has 18 nitrogen and oxygen atoms in total. The van der Waals surface area contributed by atoms with Gasteiger partial charge in [0.1, 0.15) is 41.3 Å². The maximum Gasteiger partial charge on any atom is 0.329 e. The van der Waals surface area contributed by atoms with Crippen LogP contribution in [0.4, 0.5) is 0 Å². The van der Waals surface area contributed by atoms with Crippen molar-refractivity contribution in [1.82, 2.24) is 4.90 Å². The second kappa shape index (κ2) is 28.6. The van der Waals surface area contributed by atoms with E-state index in [1.165, 1.54) is 11.8 Å². The molecule has 3 saturated heterocycles. The Hall–Kier alpha value is -4.43. The Kier molecular flexibility index (Phi) is 23.0. The van der Waals surface area contributed by atoms with Gasteiger partial charge in [-0.15, -0.1) is 0 Å². The molecule has 7 rings (SSSR count). The number of cyclic esters (lactones) is 1. The van der Waals surface area contributed by atoms with Crippen LogP contribution in [0.15, 0.2) is 47.6 Å². The number of amides is 1. The molecular weight excluding hydrogens is 1100 g/mol. The van der Waals surface area contributed by atoms with Crippen molar-refractivity contribution in [2.75, 3.05) is 40.6 Å². The molecule has 86 heavy (non-hydrogen) atoms. The first-order valence-electron chi connectivity index (χ1n) is 32.0. The zero-order valence-electron chi connectivity index (χ0n) is 54.0. The van der Waals surface area contributed by atoms with Gasteiger partial charge in [-0.3, -0.25) is 28.8 Å². The van der Waals surface area contributed by atoms with Gasteiger partial charge in [-0.2, -0.15) is 0 Å². The molecule has 17 atom stereocenters. The van der Waals surface area contributed by atoms with E-state index in [1.54, 1.807) is 48.0 Å². The Morgan fingerprint density at radius 3 is 2.16 bits per heavy atom. The third-order valence-corrected chi connectivity index (χ3v) is 21.6. The van der Waals surface area contributed by atoms with Gasteiger partial charge < -0.3 is 53.0 Å². The van der Waals surface area contributed by atoms with Crippen LogP contribution in [-0.2, 0) is 71.5 Å². The number of hydrogen-bond donors (Lipinski definition) is 2. The highest BCUT2D eigenvalue weighted by atomic mass is 16.7. The second-order valence-electron chi connectivity index (χ2n) is 28.1. The van der Waals surface area contributed by atoms with Crippen LogP contribution in [0.1, 0.15) is 179 Å². The molecule has 6 fully saturated rings. The molecular formula is C68H103NO17. The number of carbonyl (C=O) groups is 7. The Labute approximate surface area is 511 Å². The van der Waals surface area contributed by atoms with Crippen LogP contribution in [0.5, 0.6) is 0 Å². The molecule has 4 bridgehead atoms. The highest BCUT2D eigenvalue weighted by molar-refractivity contribution is 6.39. The van der Waals surface area contributed by atoms with Crippen molar-refractivity contribution in [2.45, 2.75) is 234 Å². The average Bonchev–Trinajstić information content (AvgIpc) is 1.52. The zero-order valence-corrected chi connectivity index (χ0v) is 54.0. The molecule has 3 aliphatic carbocycles. The first-order chi connectivity index (χ1) is 40.5. The number of carbonyl (C=O) groups excluding carboxylic acids is 7. The summed E-state index contributed by atoms with van der Waals surface area (Å²) in [5.74, 6) is -11.3. The number of Topliss-reactive ketones (excluding diaryl/α,β-unsaturated/α-hetero) is 3. The van der Waals surface area contributed by atoms with Crippen molar-refractivity contribution >= 4 is 41.2 Å². The maximum atomic E-state index is 14.8. The smallest absolute Gasteiger partial charge is 0.329 e. The molecule has 3 saturated carbocycles. The van der Waals surface area contributed by atoms with Crippen LogP contribution in [0.3, 0.4) is 0 Å². The number of hydrogen-bond acceptors (Lipinski definition) is 17. The van der Waals surface area contributed by atoms with Crippen LogP contribution in [-0.4, -0.2) is 151 Å². The highest BCUT2D eigenvalue weighted by Crippen LogP contribution is 2.72. The predicted octanol–water partition coefficient (Wildman–Crippen LogP) is 9.49. The SMILES string of the molecule is CO[C@H]1C[C@@H]2CC[C@@H](C)[C@@](O)(O2)C(=O)C(=O)N2CCCC[C@H]2C(=O)O[C@H]([C@H](C)C[C@@H]2CC[C@@H](OC(=O)C3(C)COC4(CC5CCC4(C)C5(C)C)OC3)[C@H](OC)C2)CC(=O)[C@H](C)/C=C(\C)[C@@H](OC(C)=O)[C@@H](CO)C(=O)[C@H](C)C[C@H](C)/C=C/C=C/C=C/1C. The number of ketones is 3. The molecule has 0 aromatic rings. The van der Waals surface area contributed by atoms with Crippen molar-refractivity contribution in [3.8, 4) is 0 Å². The minimum Gasteiger partial charge on any atom is -0.460 e. The Morgan fingerprint density at radius 1 is 0.826 bits per heavy atom. The lowest BCUT2D eigenvalue weighted by atomic mass is 9.68. The molecule has 2 N–H and O–H groups in total. The number of nitrogens with zero attached hydrogens (tertiary/aromatic N) is 1. The summed E-state index contributed by atoms with van der Waals surface area (Å²) >= 11 is 0. The molecule has 0 aromatic carbocycles. The molecule has 482 valence electrons. The van der Waals surface area contributed by atoms with Gasteiger partial charge in [0, 0.05) is 70.1 Å². The number of aliphatic hydroxyl groups is 2. The molecule has 4 heterocycles. The maximum absolute atomic E-state index is 14.8. The number of esters is 3. The normalized spacial score (nSPS) is 42.3. The Balaban J connectivity index is 1.13. The minimum atomic E-state index is -2.48. The molecule has 4 aliphatic heterocycles. The van der Waals surface area contributed by atoms with Crippen molar-refractivity contribution < 1.29 is 81.7 Å². The van der Waals surface area contributed by atoms with Crippen molar-refractivity contribution in [3.63, 3.8) is 0 Å². The van der Waals surface area contributed by atoms with Crippen molar-refractivity contribution in [3.05, 3.63) is 47.6 Å². The standard InChI is InChI=1S/C68H103NO17/c1-40-20-16-15-17-21-41(2)55(79-13)34-50-25-23-46(7)68(78,86-50)60(74)61(75)69-29-19-18-22-52(69)62(76)84-56(35-53(72)42(3)31-45(6)59(83-47(8)71)51(37-70)58(73)44(5)30-40)43(4)32-48-24-26-54(57(33-48)80-14)85-63(77)65(11)38-81-67(82-39-65)36-49-27-28-66(67,12)64(49,9)10/h15-17,20-21,31,40,42-44,46,48-52,54-57,59,70,78H,18-19,22-30,32-39H2,1-14H3/b17-15+,20-16+,41-21+,45-31+/t40-,42-,43-,44-,46-,48+,49?,50+,51+,52+,54-,55+,56+,57-,59-,65?,66?,67?,68-/m1/s1. The third kappa shape index (κ3) is 14.7. The number of allylic oxidation sites excluding steroid dienone is 6. The number of fused-ring (bicyclic) bond motifs is 6. The molecule has 1 spiro atoms. The predicted molar refractivity (Wildman–Crippen MR) is 320 cm³/mol. The van der Waals surface area contributed by atoms with E-state index in [0.717, 1.165) is 24.8 Å². The Morgan fingerprint density at radius 2 is 1.53 bits per heavy atom. The van der Waals surface area contributed by atoms with Gasteiger partial charge in [0.2, 0.25) is 5.79 Å². The van der Waals surface area contributed by atoms with Gasteiger partial charge in [0.05, 0.1) is 44.1 Å². The number of ether oxygens (including phenoxy) is 8. The van der Waals surface area contributed by atoms with Gasteiger partial charge in [0.15, 0.2) is 5.79 Å². The fraction of sp³-hybridized carbons (Fsp3) is 0.779. The van der Waals surface area contributed by atoms with Crippen LogP contribution in [0, 0.1) is 63.6 Å². The quantitative estimate of drug-likeness (QED) is 0.0946. The third-order valence-electron chi connectivity index (χ3n) is 21.6. The minimum absolute atomic E-state index is 0.0197. The first kappa shape index (κ1) is 69.1. The van der Waals surface area contributed by atoms with Crippen LogP contribution >= 0.6 is 0 Å². The number of aliphatic hydroxyl groups excluding tert-OH is 1. The highest BCUT2D eigenvalue weighted by Gasteiger charge is 2.72. The lowest BCUT2D eigenvalue weighted by molar-refractivity contribution is -0.346. The number of methoxy groups -OCH3 is 2. The second-order valence-corrected chi connectivity index (χ2v) is 28.1. The Bertz CT molecular complexity index is 2580. The molecule has 0 aromatic heterocycles. The summed E-state index contributed by atoms with van der Waals surface area (Å²) in [5.41, 5.74) is 0.0861. The summed E-state index contributed by atoms with van der Waals surface area (Å²) in [4.78, 5) is 101. The fourth-order valence-corrected chi connectivity index (χ4v) is 15.3. The van der Waals surface area contributed by atoms with Crippen molar-refractivity contribution in [1.29, 1.82) is 0 Å². The molecule has 0 radical (unpaired) electrons. The number of piperidine rings is 1. The van der Waals surface area contributed by atoms with E-state index in [9.17, 15) is 43.8 Å². The fourth-order valence-electron chi connectivity index (χ4n) is 15.3. The van der Waals surface area contributed by atoms with Gasteiger partial charge in [-0.05, 0) is 138 Å². The van der Waals surface area contributed by atoms with Crippen molar-refractivity contribution in [2.24, 2.45) is 63.6 Å². The molecule has 2 unspecified atom stereocenters. The van der Waals surface area contributed by atoms with E-state index in [0.29, 0.717) is 69.3 Å². The first-order valence-corrected chi connectivity index (χ1v) is 32.0. The molecule has 7 aliphatic rings. The lowest BCUT2D eigenvalue weighted by Crippen LogP contribution is -2.61. The molecule has 1 amide bonds. The summed E-state index contributed by atoms with van der Waals surface area (Å²) in [5, 5.41) is 22.9. The summed E-state index contributed by atoms with van der Waals surface area (Å²) in [6, 6.07) is -1.21. The average molecular weight is 1210 g/mol. The van der Waals surface area contributed by atoms with Crippen LogP contribution in [0.2, 0.25) is 0 Å². The van der Waals surface area contributed by atoms with Gasteiger partial charge >= 0.3 is 17.9 Å². The van der Waals surface area contributed by atoms with Crippen LogP contribution in [0.25, 0.3) is 0 Å². The van der Waals surface area contributed by atoms with E-state index >= 15 is 0 Å². The number of rotatable bonds is 9. The summed E-state index contributed by atoms with van der Waals surface area (Å²) in [7, 11) is 3.16. The van der Waals surface area contributed by atoms with E-state index < -0.39 is 125 Å². The van der Waals surface area contributed by atoms with E-state index in [2.05, 4.69) is 20.8 Å². The van der Waals surface area contributed by atoms with E-state index in [4.69, 9.17) is 37.9 Å². The van der Waals surface area contributed by atoms with E-state index in [1.807, 2.05) is 58.1 Å². The summed E-state index contributed by atoms with van der Waals surface area (Å²) in [6.07, 6.45) is 14.3. The van der Waals surface area contributed by atoms with Gasteiger partial charge in [-0.25, -0.2) is 4.79 Å². The van der Waals surface area contributed by atoms with Crippen LogP contribution < -0.4 is 0 Å². The molecule has 18 heteroatoms. The summed E-state index contributed by atoms with van der Waals surface area (Å²) in [6.45, 7) is 22.2. The van der Waals surface area contributed by atoms with E-state index in [-0.39, 0.29) is 73.3 Å². The zero-order chi connectivity index (χ0) is 63.3. The van der Waals surface area contributed by atoms with Gasteiger partial charge in [0.25, 0.3) is 11.7 Å².